The van der Waals surface area contributed by atoms with Gasteiger partial charge in [0.1, 0.15) is 15.7 Å². The summed E-state index contributed by atoms with van der Waals surface area (Å²) < 4.78 is 13.1. The van der Waals surface area contributed by atoms with Gasteiger partial charge in [0.15, 0.2) is 0 Å². The minimum absolute atomic E-state index is 0.152. The van der Waals surface area contributed by atoms with Crippen LogP contribution in [0, 0.1) is 11.2 Å². The standard InChI is InChI=1S/C12H11FN2OS/c1-2-9(14)10-11(16)15-12(17-10)7-4-3-5-8(13)6-7/h3-6,14,16H,2H2,1H3. The van der Waals surface area contributed by atoms with Crippen molar-refractivity contribution in [2.75, 3.05) is 0 Å². The van der Waals surface area contributed by atoms with E-state index in [0.717, 1.165) is 0 Å². The Morgan fingerprint density at radius 3 is 2.94 bits per heavy atom. The van der Waals surface area contributed by atoms with Gasteiger partial charge >= 0.3 is 0 Å². The average molecular weight is 250 g/mol. The Morgan fingerprint density at radius 2 is 2.29 bits per heavy atom. The molecule has 17 heavy (non-hydrogen) atoms. The highest BCUT2D eigenvalue weighted by Gasteiger charge is 2.14. The van der Waals surface area contributed by atoms with Crippen molar-refractivity contribution in [3.8, 4) is 16.5 Å². The maximum absolute atomic E-state index is 13.1. The number of aromatic hydroxyl groups is 1. The van der Waals surface area contributed by atoms with Crippen LogP contribution in [0.4, 0.5) is 4.39 Å². The monoisotopic (exact) mass is 250 g/mol. The van der Waals surface area contributed by atoms with Crippen molar-refractivity contribution in [3.05, 3.63) is 35.0 Å². The topological polar surface area (TPSA) is 57.0 Å². The molecule has 88 valence electrons. The molecule has 2 aromatic rings. The van der Waals surface area contributed by atoms with E-state index in [-0.39, 0.29) is 11.7 Å². The van der Waals surface area contributed by atoms with Gasteiger partial charge in [-0.25, -0.2) is 9.37 Å². The molecule has 0 saturated carbocycles. The molecule has 2 N–H and O–H groups in total. The molecular weight excluding hydrogens is 239 g/mol. The summed E-state index contributed by atoms with van der Waals surface area (Å²) in [7, 11) is 0. The van der Waals surface area contributed by atoms with Crippen LogP contribution in [0.15, 0.2) is 24.3 Å². The smallest absolute Gasteiger partial charge is 0.231 e. The van der Waals surface area contributed by atoms with Crippen molar-refractivity contribution < 1.29 is 9.50 Å². The van der Waals surface area contributed by atoms with Gasteiger partial charge in [-0.15, -0.1) is 11.3 Å². The van der Waals surface area contributed by atoms with Crippen molar-refractivity contribution in [3.63, 3.8) is 0 Å². The summed E-state index contributed by atoms with van der Waals surface area (Å²) in [5.74, 6) is -0.495. The number of benzene rings is 1. The van der Waals surface area contributed by atoms with Crippen LogP contribution >= 0.6 is 11.3 Å². The van der Waals surface area contributed by atoms with E-state index in [1.807, 2.05) is 6.92 Å². The second-order valence-corrected chi connectivity index (χ2v) is 4.51. The predicted octanol–water partition coefficient (Wildman–Crippen LogP) is 3.43. The minimum atomic E-state index is -0.343. The van der Waals surface area contributed by atoms with Gasteiger partial charge in [0.05, 0.1) is 5.71 Å². The molecule has 0 bridgehead atoms. The van der Waals surface area contributed by atoms with Crippen molar-refractivity contribution in [2.45, 2.75) is 13.3 Å². The lowest BCUT2D eigenvalue weighted by molar-refractivity contribution is 0.456. The van der Waals surface area contributed by atoms with Crippen LogP contribution in [0.1, 0.15) is 18.2 Å². The van der Waals surface area contributed by atoms with Gasteiger partial charge < -0.3 is 10.5 Å². The van der Waals surface area contributed by atoms with Crippen LogP contribution < -0.4 is 0 Å². The molecule has 0 aliphatic rings. The van der Waals surface area contributed by atoms with E-state index in [9.17, 15) is 9.50 Å². The minimum Gasteiger partial charge on any atom is -0.492 e. The first-order chi connectivity index (χ1) is 8.11. The van der Waals surface area contributed by atoms with Crippen molar-refractivity contribution in [1.82, 2.24) is 4.98 Å². The molecule has 0 amide bonds. The van der Waals surface area contributed by atoms with Gasteiger partial charge in [-0.2, -0.15) is 0 Å². The van der Waals surface area contributed by atoms with E-state index in [1.165, 1.54) is 23.5 Å². The third-order valence-electron chi connectivity index (χ3n) is 2.31. The summed E-state index contributed by atoms with van der Waals surface area (Å²) in [6.45, 7) is 1.84. The first-order valence-corrected chi connectivity index (χ1v) is 5.97. The van der Waals surface area contributed by atoms with Crippen LogP contribution in [0.2, 0.25) is 0 Å². The zero-order chi connectivity index (χ0) is 12.4. The molecule has 0 unspecified atom stereocenters. The lowest BCUT2D eigenvalue weighted by Gasteiger charge is -1.95. The highest BCUT2D eigenvalue weighted by atomic mass is 32.1. The van der Waals surface area contributed by atoms with E-state index >= 15 is 0 Å². The maximum Gasteiger partial charge on any atom is 0.231 e. The zero-order valence-corrected chi connectivity index (χ0v) is 10.0. The highest BCUT2D eigenvalue weighted by molar-refractivity contribution is 7.17. The normalized spacial score (nSPS) is 10.5. The fourth-order valence-electron chi connectivity index (χ4n) is 1.41. The molecule has 0 spiro atoms. The molecule has 0 aliphatic carbocycles. The second kappa shape index (κ2) is 4.63. The van der Waals surface area contributed by atoms with Crippen molar-refractivity contribution in [1.29, 1.82) is 5.41 Å². The molecule has 5 heteroatoms. The highest BCUT2D eigenvalue weighted by Crippen LogP contribution is 2.32. The third kappa shape index (κ3) is 2.34. The number of hydrogen-bond donors (Lipinski definition) is 2. The summed E-state index contributed by atoms with van der Waals surface area (Å²) in [6.07, 6.45) is 0.526. The summed E-state index contributed by atoms with van der Waals surface area (Å²) in [5.41, 5.74) is 0.947. The predicted molar refractivity (Wildman–Crippen MR) is 66.3 cm³/mol. The van der Waals surface area contributed by atoms with Gasteiger partial charge in [-0.1, -0.05) is 19.1 Å². The SMILES string of the molecule is CCC(=N)c1sc(-c2cccc(F)c2)nc1O. The summed E-state index contributed by atoms with van der Waals surface area (Å²) in [6, 6.07) is 6.03. The Morgan fingerprint density at radius 1 is 1.53 bits per heavy atom. The maximum atomic E-state index is 13.1. The van der Waals surface area contributed by atoms with Crippen LogP contribution in [-0.2, 0) is 0 Å². The molecule has 1 aromatic carbocycles. The second-order valence-electron chi connectivity index (χ2n) is 3.51. The number of halogens is 1. The van der Waals surface area contributed by atoms with E-state index < -0.39 is 0 Å². The van der Waals surface area contributed by atoms with Crippen LogP contribution in [-0.4, -0.2) is 15.8 Å². The number of hydrogen-bond acceptors (Lipinski definition) is 4. The van der Waals surface area contributed by atoms with E-state index in [2.05, 4.69) is 4.98 Å². The van der Waals surface area contributed by atoms with Gasteiger partial charge in [-0.3, -0.25) is 0 Å². The fourth-order valence-corrected chi connectivity index (χ4v) is 2.39. The van der Waals surface area contributed by atoms with E-state index in [4.69, 9.17) is 5.41 Å². The molecule has 1 aromatic heterocycles. The number of nitrogens with zero attached hydrogens (tertiary/aromatic N) is 1. The number of rotatable bonds is 3. The Bertz CT molecular complexity index is 565. The third-order valence-corrected chi connectivity index (χ3v) is 3.46. The van der Waals surface area contributed by atoms with Gasteiger partial charge in [0.25, 0.3) is 0 Å². The van der Waals surface area contributed by atoms with Crippen LogP contribution in [0.3, 0.4) is 0 Å². The molecule has 3 nitrogen and oxygen atoms in total. The summed E-state index contributed by atoms with van der Waals surface area (Å²) in [5, 5.41) is 17.8. The Hall–Kier alpha value is -1.75. The molecule has 0 saturated heterocycles. The molecule has 0 radical (unpaired) electrons. The first-order valence-electron chi connectivity index (χ1n) is 5.15. The van der Waals surface area contributed by atoms with E-state index in [0.29, 0.717) is 27.6 Å². The number of thiazole rings is 1. The van der Waals surface area contributed by atoms with Gasteiger partial charge in [-0.05, 0) is 18.6 Å². The molecule has 2 rings (SSSR count). The van der Waals surface area contributed by atoms with Crippen LogP contribution in [0.25, 0.3) is 10.6 Å². The Labute approximate surface area is 102 Å². The van der Waals surface area contributed by atoms with Crippen molar-refractivity contribution >= 4 is 17.0 Å². The van der Waals surface area contributed by atoms with Gasteiger partial charge in [0, 0.05) is 5.56 Å². The quantitative estimate of drug-likeness (QED) is 0.820. The fraction of sp³-hybridized carbons (Fsp3) is 0.167. The number of aromatic nitrogens is 1. The summed E-state index contributed by atoms with van der Waals surface area (Å²) in [4.78, 5) is 4.41. The molecule has 1 heterocycles. The van der Waals surface area contributed by atoms with Crippen LogP contribution in [0.5, 0.6) is 5.88 Å². The lowest BCUT2D eigenvalue weighted by Crippen LogP contribution is -1.92. The lowest BCUT2D eigenvalue weighted by atomic mass is 10.2. The Balaban J connectivity index is 2.44. The molecular formula is C12H11FN2OS. The molecule has 0 atom stereocenters. The molecule has 0 aliphatic heterocycles. The van der Waals surface area contributed by atoms with Gasteiger partial charge in [0.2, 0.25) is 5.88 Å². The molecule has 0 fully saturated rings. The average Bonchev–Trinajstić information content (AvgIpc) is 2.70. The first kappa shape index (κ1) is 11.7. The summed E-state index contributed by atoms with van der Waals surface area (Å²) >= 11 is 1.20. The zero-order valence-electron chi connectivity index (χ0n) is 9.20. The Kier molecular flexibility index (Phi) is 3.19. The number of nitrogens with one attached hydrogen (secondary N) is 1. The van der Waals surface area contributed by atoms with E-state index in [1.54, 1.807) is 12.1 Å². The largest absolute Gasteiger partial charge is 0.492 e. The van der Waals surface area contributed by atoms with Crippen molar-refractivity contribution in [2.24, 2.45) is 0 Å².